The molecule has 0 unspecified atom stereocenters. The molecule has 0 saturated carbocycles. The van der Waals surface area contributed by atoms with E-state index in [-0.39, 0.29) is 0 Å². The molecule has 0 aromatic rings. The average Bonchev–Trinajstić information content (AvgIpc) is 1.67. The maximum atomic E-state index is 5.71. The summed E-state index contributed by atoms with van der Waals surface area (Å²) in [6.07, 6.45) is 1.43. The first kappa shape index (κ1) is 8.54. The Labute approximate surface area is 60.1 Å². The molecule has 0 atom stereocenters. The summed E-state index contributed by atoms with van der Waals surface area (Å²) in [5.41, 5.74) is 5.22. The van der Waals surface area contributed by atoms with Gasteiger partial charge in [-0.05, 0) is 19.4 Å². The molecule has 3 heteroatoms. The van der Waals surface area contributed by atoms with Gasteiger partial charge in [-0.15, -0.1) is 23.2 Å². The van der Waals surface area contributed by atoms with Gasteiger partial charge in [-0.25, -0.2) is 0 Å². The molecule has 0 saturated heterocycles. The van der Waals surface area contributed by atoms with Crippen molar-refractivity contribution in [3.05, 3.63) is 0 Å². The molecule has 0 aliphatic carbocycles. The second kappa shape index (κ2) is 3.54. The van der Waals surface area contributed by atoms with E-state index in [1.54, 1.807) is 0 Å². The Balaban J connectivity index is 3.37. The van der Waals surface area contributed by atoms with E-state index in [1.807, 2.05) is 6.92 Å². The summed E-state index contributed by atoms with van der Waals surface area (Å²) < 4.78 is -0.589. The van der Waals surface area contributed by atoms with Crippen LogP contribution in [0.25, 0.3) is 0 Å². The van der Waals surface area contributed by atoms with Crippen LogP contribution in [0.5, 0.6) is 0 Å². The van der Waals surface area contributed by atoms with Gasteiger partial charge in [0.25, 0.3) is 0 Å². The van der Waals surface area contributed by atoms with Crippen molar-refractivity contribution >= 4 is 23.2 Å². The Kier molecular flexibility index (Phi) is 3.78. The molecule has 8 heavy (non-hydrogen) atoms. The van der Waals surface area contributed by atoms with Crippen LogP contribution in [0.3, 0.4) is 0 Å². The number of alkyl halides is 2. The molecule has 0 aliphatic heterocycles. The van der Waals surface area contributed by atoms with Gasteiger partial charge >= 0.3 is 0 Å². The molecule has 0 fully saturated rings. The monoisotopic (exact) mass is 155 g/mol. The summed E-state index contributed by atoms with van der Waals surface area (Å²) in [4.78, 5) is 0. The van der Waals surface area contributed by atoms with Crippen LogP contribution in [-0.4, -0.2) is 10.9 Å². The SMILES string of the molecule is CCC(Cl)(Cl)CCN. The first-order valence-corrected chi connectivity index (χ1v) is 3.46. The first-order chi connectivity index (χ1) is 3.62. The lowest BCUT2D eigenvalue weighted by Gasteiger charge is -2.14. The first-order valence-electron chi connectivity index (χ1n) is 2.70. The lowest BCUT2D eigenvalue weighted by atomic mass is 10.2. The zero-order chi connectivity index (χ0) is 6.62. The standard InChI is InChI=1S/C5H11Cl2N/c1-2-5(6,7)3-4-8/h2-4,8H2,1H3. The molecule has 0 rings (SSSR count). The van der Waals surface area contributed by atoms with Crippen molar-refractivity contribution in [1.29, 1.82) is 0 Å². The van der Waals surface area contributed by atoms with Crippen molar-refractivity contribution in [2.45, 2.75) is 24.1 Å². The minimum atomic E-state index is -0.589. The zero-order valence-corrected chi connectivity index (χ0v) is 6.47. The van der Waals surface area contributed by atoms with Gasteiger partial charge in [0.1, 0.15) is 4.33 Å². The van der Waals surface area contributed by atoms with Gasteiger partial charge in [-0.2, -0.15) is 0 Å². The molecule has 0 heterocycles. The predicted octanol–water partition coefficient (Wildman–Crippen LogP) is 1.92. The Bertz CT molecular complexity index is 63.4. The van der Waals surface area contributed by atoms with Crippen LogP contribution in [0.15, 0.2) is 0 Å². The summed E-state index contributed by atoms with van der Waals surface area (Å²) >= 11 is 11.4. The Hall–Kier alpha value is 0.540. The van der Waals surface area contributed by atoms with Gasteiger partial charge in [0.15, 0.2) is 0 Å². The molecule has 2 N–H and O–H groups in total. The lowest BCUT2D eigenvalue weighted by Crippen LogP contribution is -2.16. The summed E-state index contributed by atoms with van der Waals surface area (Å²) in [6.45, 7) is 2.50. The van der Waals surface area contributed by atoms with Gasteiger partial charge in [0, 0.05) is 0 Å². The molecule has 0 spiro atoms. The molecular formula is C5H11Cl2N. The van der Waals surface area contributed by atoms with Crippen molar-refractivity contribution in [3.8, 4) is 0 Å². The zero-order valence-electron chi connectivity index (χ0n) is 4.95. The topological polar surface area (TPSA) is 26.0 Å². The third-order valence-electron chi connectivity index (χ3n) is 1.03. The molecule has 0 bridgehead atoms. The van der Waals surface area contributed by atoms with Crippen LogP contribution >= 0.6 is 23.2 Å². The second-order valence-corrected chi connectivity index (χ2v) is 3.39. The minimum Gasteiger partial charge on any atom is -0.330 e. The van der Waals surface area contributed by atoms with E-state index in [0.717, 1.165) is 6.42 Å². The van der Waals surface area contributed by atoms with E-state index in [2.05, 4.69) is 0 Å². The van der Waals surface area contributed by atoms with Gasteiger partial charge in [-0.3, -0.25) is 0 Å². The highest BCUT2D eigenvalue weighted by atomic mass is 35.5. The summed E-state index contributed by atoms with van der Waals surface area (Å²) in [6, 6.07) is 0. The van der Waals surface area contributed by atoms with Crippen molar-refractivity contribution in [2.75, 3.05) is 6.54 Å². The van der Waals surface area contributed by atoms with E-state index in [9.17, 15) is 0 Å². The average molecular weight is 156 g/mol. The Morgan fingerprint density at radius 3 is 2.12 bits per heavy atom. The fraction of sp³-hybridized carbons (Fsp3) is 1.00. The predicted molar refractivity (Wildman–Crippen MR) is 38.4 cm³/mol. The molecule has 0 aromatic carbocycles. The highest BCUT2D eigenvalue weighted by Gasteiger charge is 2.18. The lowest BCUT2D eigenvalue weighted by molar-refractivity contribution is 0.679. The van der Waals surface area contributed by atoms with Crippen molar-refractivity contribution in [3.63, 3.8) is 0 Å². The molecular weight excluding hydrogens is 145 g/mol. The van der Waals surface area contributed by atoms with Gasteiger partial charge in [0.05, 0.1) is 0 Å². The van der Waals surface area contributed by atoms with E-state index in [0.29, 0.717) is 13.0 Å². The van der Waals surface area contributed by atoms with Crippen molar-refractivity contribution < 1.29 is 0 Å². The fourth-order valence-corrected chi connectivity index (χ4v) is 0.606. The van der Waals surface area contributed by atoms with Crippen LogP contribution < -0.4 is 5.73 Å². The van der Waals surface area contributed by atoms with E-state index in [4.69, 9.17) is 28.9 Å². The molecule has 0 aliphatic rings. The van der Waals surface area contributed by atoms with Crippen LogP contribution in [0.4, 0.5) is 0 Å². The number of hydrogen-bond donors (Lipinski definition) is 1. The third-order valence-corrected chi connectivity index (χ3v) is 1.94. The summed E-state index contributed by atoms with van der Waals surface area (Å²) in [5, 5.41) is 0. The Morgan fingerprint density at radius 1 is 1.50 bits per heavy atom. The van der Waals surface area contributed by atoms with E-state index >= 15 is 0 Å². The van der Waals surface area contributed by atoms with Crippen LogP contribution in [0.2, 0.25) is 0 Å². The highest BCUT2D eigenvalue weighted by molar-refractivity contribution is 6.48. The molecule has 0 aromatic heterocycles. The second-order valence-electron chi connectivity index (χ2n) is 1.75. The molecule has 0 amide bonds. The van der Waals surface area contributed by atoms with Crippen LogP contribution in [0, 0.1) is 0 Å². The third kappa shape index (κ3) is 3.53. The fourth-order valence-electron chi connectivity index (χ4n) is 0.388. The highest BCUT2D eigenvalue weighted by Crippen LogP contribution is 2.27. The smallest absolute Gasteiger partial charge is 0.119 e. The summed E-state index contributed by atoms with van der Waals surface area (Å²) in [7, 11) is 0. The van der Waals surface area contributed by atoms with Crippen molar-refractivity contribution in [1.82, 2.24) is 0 Å². The van der Waals surface area contributed by atoms with E-state index < -0.39 is 4.33 Å². The van der Waals surface area contributed by atoms with Gasteiger partial charge in [-0.1, -0.05) is 6.92 Å². The largest absolute Gasteiger partial charge is 0.330 e. The van der Waals surface area contributed by atoms with Gasteiger partial charge < -0.3 is 5.73 Å². The Morgan fingerprint density at radius 2 is 2.00 bits per heavy atom. The maximum absolute atomic E-state index is 5.71. The van der Waals surface area contributed by atoms with Crippen LogP contribution in [0.1, 0.15) is 19.8 Å². The quantitative estimate of drug-likeness (QED) is 0.620. The maximum Gasteiger partial charge on any atom is 0.119 e. The number of rotatable bonds is 3. The summed E-state index contributed by atoms with van der Waals surface area (Å²) in [5.74, 6) is 0. The number of hydrogen-bond acceptors (Lipinski definition) is 1. The van der Waals surface area contributed by atoms with E-state index in [1.165, 1.54) is 0 Å². The normalized spacial score (nSPS) is 12.0. The van der Waals surface area contributed by atoms with Crippen molar-refractivity contribution in [2.24, 2.45) is 5.73 Å². The number of nitrogens with two attached hydrogens (primary N) is 1. The molecule has 0 radical (unpaired) electrons. The van der Waals surface area contributed by atoms with Gasteiger partial charge in [0.2, 0.25) is 0 Å². The molecule has 1 nitrogen and oxygen atoms in total. The molecule has 50 valence electrons. The minimum absolute atomic E-state index is 0.556. The van der Waals surface area contributed by atoms with Crippen LogP contribution in [-0.2, 0) is 0 Å². The number of halogens is 2.